The van der Waals surface area contributed by atoms with Crippen molar-refractivity contribution in [3.8, 4) is 0 Å². The first-order chi connectivity index (χ1) is 11.1. The molecule has 2 aromatic rings. The van der Waals surface area contributed by atoms with Crippen LogP contribution >= 0.6 is 0 Å². The molecule has 0 aliphatic heterocycles. The lowest BCUT2D eigenvalue weighted by Crippen LogP contribution is -2.33. The number of hydrogen-bond donors (Lipinski definition) is 2. The lowest BCUT2D eigenvalue weighted by Gasteiger charge is -2.27. The van der Waals surface area contributed by atoms with Gasteiger partial charge in [0.2, 0.25) is 0 Å². The largest absolute Gasteiger partial charge is 0.357 e. The van der Waals surface area contributed by atoms with Crippen molar-refractivity contribution < 1.29 is 4.92 Å². The number of nitrogens with zero attached hydrogens (tertiary/aromatic N) is 1. The number of benzene rings is 1. The number of nitro benzene ring substituents is 1. The third-order valence-electron chi connectivity index (χ3n) is 5.53. The van der Waals surface area contributed by atoms with E-state index in [0.717, 1.165) is 36.1 Å². The molecule has 23 heavy (non-hydrogen) atoms. The van der Waals surface area contributed by atoms with E-state index >= 15 is 0 Å². The maximum atomic E-state index is 11.0. The molecule has 2 N–H and O–H groups in total. The highest BCUT2D eigenvalue weighted by Gasteiger charge is 2.29. The Morgan fingerprint density at radius 1 is 1.30 bits per heavy atom. The molecule has 5 nitrogen and oxygen atoms in total. The Hall–Kier alpha value is -1.88. The minimum absolute atomic E-state index is 0.180. The monoisotopic (exact) mass is 313 g/mol. The number of fused-ring (bicyclic) bond motifs is 3. The van der Waals surface area contributed by atoms with E-state index in [9.17, 15) is 10.1 Å². The molecule has 1 aromatic carbocycles. The topological polar surface area (TPSA) is 71.0 Å². The third-order valence-corrected chi connectivity index (χ3v) is 5.53. The third kappa shape index (κ3) is 2.63. The highest BCUT2D eigenvalue weighted by atomic mass is 16.6. The van der Waals surface area contributed by atoms with Crippen molar-refractivity contribution in [3.63, 3.8) is 0 Å². The van der Waals surface area contributed by atoms with Crippen LogP contribution in [-0.4, -0.2) is 15.9 Å². The van der Waals surface area contributed by atoms with E-state index in [-0.39, 0.29) is 10.6 Å². The normalized spacial score (nSPS) is 27.3. The molecule has 0 unspecified atom stereocenters. The van der Waals surface area contributed by atoms with E-state index in [4.69, 9.17) is 0 Å². The van der Waals surface area contributed by atoms with Crippen LogP contribution in [0.4, 0.5) is 5.69 Å². The predicted octanol–water partition coefficient (Wildman–Crippen LogP) is 4.23. The van der Waals surface area contributed by atoms with E-state index < -0.39 is 0 Å². The van der Waals surface area contributed by atoms with Crippen LogP contribution in [0.15, 0.2) is 18.2 Å². The van der Waals surface area contributed by atoms with E-state index in [2.05, 4.69) is 17.2 Å². The smallest absolute Gasteiger partial charge is 0.270 e. The van der Waals surface area contributed by atoms with Crippen LogP contribution in [-0.2, 0) is 6.42 Å². The van der Waals surface area contributed by atoms with Crippen LogP contribution in [0, 0.1) is 16.0 Å². The van der Waals surface area contributed by atoms with Crippen molar-refractivity contribution in [2.24, 2.45) is 5.92 Å². The average Bonchev–Trinajstić information content (AvgIpc) is 3.11. The van der Waals surface area contributed by atoms with Gasteiger partial charge in [0.05, 0.1) is 4.92 Å². The summed E-state index contributed by atoms with van der Waals surface area (Å²) in [5.74, 6) is 0.820. The second-order valence-corrected chi connectivity index (χ2v) is 7.23. The number of aromatic amines is 1. The van der Waals surface area contributed by atoms with Gasteiger partial charge in [-0.15, -0.1) is 0 Å². The summed E-state index contributed by atoms with van der Waals surface area (Å²) in [5, 5.41) is 15.9. The molecule has 122 valence electrons. The number of H-pyrrole nitrogens is 1. The lowest BCUT2D eigenvalue weighted by molar-refractivity contribution is -0.384. The molecule has 5 heteroatoms. The SMILES string of the molecule is C[C@@H]1CC[C@H](N[C@@H]2CCCc3c2[nH]c2ccc([N+](=O)[O-])cc32)C1. The molecule has 2 aliphatic carbocycles. The Labute approximate surface area is 135 Å². The lowest BCUT2D eigenvalue weighted by atomic mass is 9.91. The highest BCUT2D eigenvalue weighted by Crippen LogP contribution is 2.37. The van der Waals surface area contributed by atoms with Gasteiger partial charge in [0.1, 0.15) is 0 Å². The molecule has 2 aliphatic rings. The zero-order chi connectivity index (χ0) is 16.0. The molecule has 0 spiro atoms. The van der Waals surface area contributed by atoms with Crippen LogP contribution in [0.25, 0.3) is 10.9 Å². The van der Waals surface area contributed by atoms with E-state index in [1.54, 1.807) is 12.1 Å². The minimum atomic E-state index is -0.308. The van der Waals surface area contributed by atoms with Gasteiger partial charge in [-0.1, -0.05) is 6.92 Å². The fraction of sp³-hybridized carbons (Fsp3) is 0.556. The Kier molecular flexibility index (Phi) is 3.60. The van der Waals surface area contributed by atoms with Crippen molar-refractivity contribution >= 4 is 16.6 Å². The summed E-state index contributed by atoms with van der Waals surface area (Å²) in [4.78, 5) is 14.3. The zero-order valence-corrected chi connectivity index (χ0v) is 13.5. The quantitative estimate of drug-likeness (QED) is 0.658. The first kappa shape index (κ1) is 14.7. The Morgan fingerprint density at radius 2 is 2.17 bits per heavy atom. The maximum absolute atomic E-state index is 11.0. The molecular formula is C18H23N3O2. The van der Waals surface area contributed by atoms with Gasteiger partial charge >= 0.3 is 0 Å². The second kappa shape index (κ2) is 5.64. The number of nitrogens with one attached hydrogen (secondary N) is 2. The number of aromatic nitrogens is 1. The molecule has 1 heterocycles. The fourth-order valence-electron chi connectivity index (χ4n) is 4.37. The molecule has 4 rings (SSSR count). The molecule has 0 radical (unpaired) electrons. The molecular weight excluding hydrogens is 290 g/mol. The first-order valence-corrected chi connectivity index (χ1v) is 8.66. The summed E-state index contributed by atoms with van der Waals surface area (Å²) in [6, 6.07) is 6.14. The second-order valence-electron chi connectivity index (χ2n) is 7.23. The van der Waals surface area contributed by atoms with Crippen molar-refractivity contribution in [3.05, 3.63) is 39.6 Å². The van der Waals surface area contributed by atoms with Crippen molar-refractivity contribution in [1.29, 1.82) is 0 Å². The molecule has 1 fully saturated rings. The van der Waals surface area contributed by atoms with Crippen LogP contribution in [0.3, 0.4) is 0 Å². The molecule has 0 amide bonds. The summed E-state index contributed by atoms with van der Waals surface area (Å²) in [6.45, 7) is 2.33. The Bertz CT molecular complexity index is 752. The number of aryl methyl sites for hydroxylation is 1. The molecule has 0 saturated heterocycles. The first-order valence-electron chi connectivity index (χ1n) is 8.66. The highest BCUT2D eigenvalue weighted by molar-refractivity contribution is 5.87. The van der Waals surface area contributed by atoms with Gasteiger partial charge in [-0.05, 0) is 56.1 Å². The molecule has 1 saturated carbocycles. The molecule has 3 atom stereocenters. The Morgan fingerprint density at radius 3 is 2.91 bits per heavy atom. The fourth-order valence-corrected chi connectivity index (χ4v) is 4.37. The van der Waals surface area contributed by atoms with Gasteiger partial charge in [0.25, 0.3) is 5.69 Å². The van der Waals surface area contributed by atoms with Crippen LogP contribution in [0.5, 0.6) is 0 Å². The maximum Gasteiger partial charge on any atom is 0.270 e. The minimum Gasteiger partial charge on any atom is -0.357 e. The zero-order valence-electron chi connectivity index (χ0n) is 13.5. The van der Waals surface area contributed by atoms with Gasteiger partial charge in [-0.2, -0.15) is 0 Å². The van der Waals surface area contributed by atoms with Crippen LogP contribution < -0.4 is 5.32 Å². The standard InChI is InChI=1S/C18H23N3O2/c1-11-5-6-12(9-11)19-17-4-2-3-14-15-10-13(21(22)23)7-8-16(15)20-18(14)17/h7-8,10-12,17,19-20H,2-6,9H2,1H3/t11-,12+,17-/m1/s1. The van der Waals surface area contributed by atoms with Gasteiger partial charge in [-0.3, -0.25) is 10.1 Å². The molecule has 0 bridgehead atoms. The van der Waals surface area contributed by atoms with Crippen LogP contribution in [0.2, 0.25) is 0 Å². The van der Waals surface area contributed by atoms with Gasteiger partial charge in [-0.25, -0.2) is 0 Å². The number of nitro groups is 1. The summed E-state index contributed by atoms with van der Waals surface area (Å²) >= 11 is 0. The predicted molar refractivity (Wildman–Crippen MR) is 90.6 cm³/mol. The van der Waals surface area contributed by atoms with E-state index in [0.29, 0.717) is 12.1 Å². The summed E-state index contributed by atoms with van der Waals surface area (Å²) in [5.41, 5.74) is 3.73. The number of non-ortho nitro benzene ring substituents is 1. The summed E-state index contributed by atoms with van der Waals surface area (Å²) < 4.78 is 0. The van der Waals surface area contributed by atoms with Gasteiger partial charge < -0.3 is 10.3 Å². The van der Waals surface area contributed by atoms with E-state index in [1.165, 1.54) is 30.5 Å². The summed E-state index contributed by atoms with van der Waals surface area (Å²) in [6.07, 6.45) is 7.14. The van der Waals surface area contributed by atoms with Crippen molar-refractivity contribution in [1.82, 2.24) is 10.3 Å². The Balaban J connectivity index is 1.67. The van der Waals surface area contributed by atoms with Gasteiger partial charge in [0.15, 0.2) is 0 Å². The number of rotatable bonds is 3. The molecule has 1 aromatic heterocycles. The average molecular weight is 313 g/mol. The summed E-state index contributed by atoms with van der Waals surface area (Å²) in [7, 11) is 0. The van der Waals surface area contributed by atoms with E-state index in [1.807, 2.05) is 6.07 Å². The van der Waals surface area contributed by atoms with Gasteiger partial charge in [0, 0.05) is 40.8 Å². The van der Waals surface area contributed by atoms with Crippen molar-refractivity contribution in [2.75, 3.05) is 0 Å². The number of hydrogen-bond acceptors (Lipinski definition) is 3. The van der Waals surface area contributed by atoms with Crippen molar-refractivity contribution in [2.45, 2.75) is 57.5 Å². The van der Waals surface area contributed by atoms with Crippen LogP contribution in [0.1, 0.15) is 56.3 Å².